The summed E-state index contributed by atoms with van der Waals surface area (Å²) in [6, 6.07) is 1.85. The first-order chi connectivity index (χ1) is 7.42. The molecule has 1 heterocycles. The first-order valence-corrected chi connectivity index (χ1v) is 5.64. The van der Waals surface area contributed by atoms with Gasteiger partial charge in [0, 0.05) is 18.3 Å². The molecule has 0 unspecified atom stereocenters. The van der Waals surface area contributed by atoms with Gasteiger partial charge in [0.1, 0.15) is 0 Å². The van der Waals surface area contributed by atoms with Gasteiger partial charge in [-0.15, -0.1) is 0 Å². The van der Waals surface area contributed by atoms with Crippen LogP contribution in [-0.4, -0.2) is 20.8 Å². The summed E-state index contributed by atoms with van der Waals surface area (Å²) >= 11 is 0. The number of oxime groups is 1. The van der Waals surface area contributed by atoms with Gasteiger partial charge in [-0.2, -0.15) is 5.10 Å². The van der Waals surface area contributed by atoms with E-state index in [-0.39, 0.29) is 0 Å². The lowest BCUT2D eigenvalue weighted by molar-refractivity contribution is 0.309. The van der Waals surface area contributed by atoms with Gasteiger partial charge in [-0.25, -0.2) is 4.68 Å². The minimum absolute atomic E-state index is 0.359. The molecule has 0 aromatic carbocycles. The van der Waals surface area contributed by atoms with Gasteiger partial charge in [0.2, 0.25) is 0 Å². The number of rotatable bonds is 1. The van der Waals surface area contributed by atoms with Crippen molar-refractivity contribution in [2.45, 2.75) is 38.5 Å². The Labute approximate surface area is 89.6 Å². The van der Waals surface area contributed by atoms with Crippen molar-refractivity contribution in [3.05, 3.63) is 18.5 Å². The van der Waals surface area contributed by atoms with E-state index in [9.17, 15) is 0 Å². The Kier molecular flexibility index (Phi) is 3.37. The van der Waals surface area contributed by atoms with Crippen LogP contribution in [0.5, 0.6) is 0 Å². The fourth-order valence-corrected chi connectivity index (χ4v) is 2.26. The first kappa shape index (κ1) is 10.2. The molecule has 1 aromatic rings. The Bertz CT molecular complexity index is 311. The highest BCUT2D eigenvalue weighted by Crippen LogP contribution is 2.24. The Morgan fingerprint density at radius 3 is 2.53 bits per heavy atom. The Hall–Kier alpha value is -1.32. The Morgan fingerprint density at radius 1 is 1.27 bits per heavy atom. The molecule has 1 fully saturated rings. The number of nitrogens with zero attached hydrogens (tertiary/aromatic N) is 3. The quantitative estimate of drug-likeness (QED) is 0.253. The third kappa shape index (κ3) is 2.37. The summed E-state index contributed by atoms with van der Waals surface area (Å²) in [7, 11) is 0. The summed E-state index contributed by atoms with van der Waals surface area (Å²) in [5.74, 6) is 1.05. The van der Waals surface area contributed by atoms with Gasteiger partial charge < -0.3 is 5.21 Å². The van der Waals surface area contributed by atoms with Crippen molar-refractivity contribution in [1.82, 2.24) is 9.78 Å². The van der Waals surface area contributed by atoms with Crippen LogP contribution >= 0.6 is 0 Å². The third-order valence-electron chi connectivity index (χ3n) is 3.06. The van der Waals surface area contributed by atoms with Crippen LogP contribution in [0.2, 0.25) is 0 Å². The first-order valence-electron chi connectivity index (χ1n) is 5.64. The maximum Gasteiger partial charge on any atom is 0.171 e. The van der Waals surface area contributed by atoms with E-state index in [1.807, 2.05) is 12.3 Å². The van der Waals surface area contributed by atoms with Crippen LogP contribution in [0.4, 0.5) is 0 Å². The van der Waals surface area contributed by atoms with Crippen molar-refractivity contribution in [1.29, 1.82) is 0 Å². The molecule has 4 nitrogen and oxygen atoms in total. The fourth-order valence-electron chi connectivity index (χ4n) is 2.26. The second-order valence-electron chi connectivity index (χ2n) is 4.10. The minimum atomic E-state index is 0.359. The largest absolute Gasteiger partial charge is 0.409 e. The second-order valence-corrected chi connectivity index (χ2v) is 4.10. The van der Waals surface area contributed by atoms with Crippen LogP contribution in [0, 0.1) is 5.92 Å². The molecule has 0 atom stereocenters. The topological polar surface area (TPSA) is 50.4 Å². The fraction of sp³-hybridized carbons (Fsp3) is 0.636. The molecule has 0 amide bonds. The summed E-state index contributed by atoms with van der Waals surface area (Å²) in [5, 5.41) is 16.6. The normalized spacial score (nSPS) is 20.1. The van der Waals surface area contributed by atoms with Gasteiger partial charge in [-0.05, 0) is 18.9 Å². The zero-order valence-corrected chi connectivity index (χ0v) is 8.84. The molecule has 4 heteroatoms. The SMILES string of the molecule is ON=C(C1CCCCCC1)n1cccn1. The average molecular weight is 207 g/mol. The lowest BCUT2D eigenvalue weighted by atomic mass is 9.99. The molecule has 0 bridgehead atoms. The van der Waals surface area contributed by atoms with E-state index < -0.39 is 0 Å². The molecule has 82 valence electrons. The van der Waals surface area contributed by atoms with Crippen molar-refractivity contribution in [3.63, 3.8) is 0 Å². The highest BCUT2D eigenvalue weighted by molar-refractivity contribution is 5.85. The summed E-state index contributed by atoms with van der Waals surface area (Å²) in [4.78, 5) is 0. The average Bonchev–Trinajstić information content (AvgIpc) is 2.63. The van der Waals surface area contributed by atoms with Crippen LogP contribution in [0.15, 0.2) is 23.6 Å². The Balaban J connectivity index is 2.12. The molecule has 1 aromatic heterocycles. The molecule has 15 heavy (non-hydrogen) atoms. The summed E-state index contributed by atoms with van der Waals surface area (Å²) in [5.41, 5.74) is 0. The molecule has 2 rings (SSSR count). The zero-order chi connectivity index (χ0) is 10.5. The van der Waals surface area contributed by atoms with Gasteiger partial charge in [0.05, 0.1) is 0 Å². The molecule has 0 saturated heterocycles. The molecule has 0 radical (unpaired) electrons. The van der Waals surface area contributed by atoms with Crippen LogP contribution in [0.1, 0.15) is 38.5 Å². The van der Waals surface area contributed by atoms with E-state index in [1.165, 1.54) is 25.7 Å². The third-order valence-corrected chi connectivity index (χ3v) is 3.06. The van der Waals surface area contributed by atoms with Crippen molar-refractivity contribution in [2.24, 2.45) is 11.1 Å². The smallest absolute Gasteiger partial charge is 0.171 e. The highest BCUT2D eigenvalue weighted by atomic mass is 16.4. The lowest BCUT2D eigenvalue weighted by Gasteiger charge is -2.15. The predicted octanol–water partition coefficient (Wildman–Crippen LogP) is 2.49. The molecule has 1 aliphatic rings. The second kappa shape index (κ2) is 4.96. The summed E-state index contributed by atoms with van der Waals surface area (Å²) < 4.78 is 1.68. The van der Waals surface area contributed by atoms with Gasteiger partial charge >= 0.3 is 0 Å². The number of aromatic nitrogens is 2. The van der Waals surface area contributed by atoms with E-state index >= 15 is 0 Å². The van der Waals surface area contributed by atoms with Crippen LogP contribution in [0.3, 0.4) is 0 Å². The lowest BCUT2D eigenvalue weighted by Crippen LogP contribution is -2.23. The molecule has 1 saturated carbocycles. The van der Waals surface area contributed by atoms with E-state index in [4.69, 9.17) is 5.21 Å². The monoisotopic (exact) mass is 207 g/mol. The van der Waals surface area contributed by atoms with Crippen LogP contribution < -0.4 is 0 Å². The number of hydrogen-bond donors (Lipinski definition) is 1. The van der Waals surface area contributed by atoms with Crippen LogP contribution in [-0.2, 0) is 0 Å². The van der Waals surface area contributed by atoms with E-state index in [1.54, 1.807) is 10.9 Å². The van der Waals surface area contributed by atoms with E-state index in [2.05, 4.69) is 10.3 Å². The van der Waals surface area contributed by atoms with Gasteiger partial charge in [-0.1, -0.05) is 30.8 Å². The summed E-state index contributed by atoms with van der Waals surface area (Å²) in [6.45, 7) is 0. The maximum atomic E-state index is 9.07. The van der Waals surface area contributed by atoms with Gasteiger partial charge in [0.25, 0.3) is 0 Å². The maximum absolute atomic E-state index is 9.07. The van der Waals surface area contributed by atoms with Crippen molar-refractivity contribution >= 4 is 5.84 Å². The predicted molar refractivity (Wildman–Crippen MR) is 58.0 cm³/mol. The molecule has 1 N–H and O–H groups in total. The zero-order valence-electron chi connectivity index (χ0n) is 8.84. The molecule has 1 aliphatic carbocycles. The van der Waals surface area contributed by atoms with Gasteiger partial charge in [0.15, 0.2) is 5.84 Å². The molecular formula is C11H17N3O. The number of hydrogen-bond acceptors (Lipinski definition) is 3. The summed E-state index contributed by atoms with van der Waals surface area (Å²) in [6.07, 6.45) is 10.8. The molecule has 0 spiro atoms. The molecule has 0 aliphatic heterocycles. The van der Waals surface area contributed by atoms with Crippen molar-refractivity contribution in [2.75, 3.05) is 0 Å². The highest BCUT2D eigenvalue weighted by Gasteiger charge is 2.20. The van der Waals surface area contributed by atoms with Gasteiger partial charge in [-0.3, -0.25) is 0 Å². The van der Waals surface area contributed by atoms with Crippen molar-refractivity contribution in [3.8, 4) is 0 Å². The minimum Gasteiger partial charge on any atom is -0.409 e. The van der Waals surface area contributed by atoms with Crippen LogP contribution in [0.25, 0.3) is 0 Å². The van der Waals surface area contributed by atoms with E-state index in [0.717, 1.165) is 12.8 Å². The van der Waals surface area contributed by atoms with Crippen molar-refractivity contribution < 1.29 is 5.21 Å². The standard InChI is InChI=1S/C11H17N3O/c15-13-11(14-9-5-8-12-14)10-6-3-1-2-4-7-10/h5,8-10,15H,1-4,6-7H2. The Morgan fingerprint density at radius 2 is 2.00 bits per heavy atom. The van der Waals surface area contributed by atoms with E-state index in [0.29, 0.717) is 11.8 Å². The molecular weight excluding hydrogens is 190 g/mol.